The molecule has 2 atom stereocenters. The van der Waals surface area contributed by atoms with E-state index in [1.807, 2.05) is 70.9 Å². The maximum Gasteiger partial charge on any atom is 0.228 e. The first-order valence-corrected chi connectivity index (χ1v) is 11.5. The van der Waals surface area contributed by atoms with E-state index < -0.39 is 5.92 Å². The lowest BCUT2D eigenvalue weighted by Crippen LogP contribution is -2.35. The van der Waals surface area contributed by atoms with Crippen LogP contribution in [0.3, 0.4) is 0 Å². The summed E-state index contributed by atoms with van der Waals surface area (Å²) >= 11 is 3.13. The van der Waals surface area contributed by atoms with Crippen LogP contribution in [0.5, 0.6) is 0 Å². The maximum absolute atomic E-state index is 13.1. The molecule has 5 rings (SSSR count). The number of rotatable bonds is 5. The molecule has 3 aromatic heterocycles. The molecule has 2 unspecified atom stereocenters. The summed E-state index contributed by atoms with van der Waals surface area (Å²) in [6.45, 7) is 2.36. The Kier molecular flexibility index (Phi) is 4.88. The molecule has 30 heavy (non-hydrogen) atoms. The molecule has 0 bridgehead atoms. The molecule has 1 N–H and O–H groups in total. The van der Waals surface area contributed by atoms with Crippen molar-refractivity contribution in [2.24, 2.45) is 5.92 Å². The van der Waals surface area contributed by atoms with Crippen LogP contribution in [0, 0.1) is 12.8 Å². The fourth-order valence-corrected chi connectivity index (χ4v) is 5.53. The molecule has 0 radical (unpaired) electrons. The van der Waals surface area contributed by atoms with Gasteiger partial charge < -0.3 is 10.2 Å². The minimum atomic E-state index is -0.443. The first-order chi connectivity index (χ1) is 14.6. The Morgan fingerprint density at radius 1 is 1.20 bits per heavy atom. The van der Waals surface area contributed by atoms with Gasteiger partial charge in [0.25, 0.3) is 0 Å². The number of imidazole rings is 1. The van der Waals surface area contributed by atoms with Crippen molar-refractivity contribution < 1.29 is 9.59 Å². The SMILES string of the molecule is Cc1ccc(N2C(=O)CC(C(=O)NCc3cn4ccsc4n3)C2c2cccs2)cc1. The van der Waals surface area contributed by atoms with Crippen LogP contribution < -0.4 is 10.2 Å². The van der Waals surface area contributed by atoms with Gasteiger partial charge >= 0.3 is 0 Å². The second kappa shape index (κ2) is 7.70. The third kappa shape index (κ3) is 3.42. The first kappa shape index (κ1) is 19.0. The monoisotopic (exact) mass is 436 g/mol. The number of nitrogens with one attached hydrogen (secondary N) is 1. The fourth-order valence-electron chi connectivity index (χ4n) is 3.93. The number of anilines is 1. The smallest absolute Gasteiger partial charge is 0.228 e. The van der Waals surface area contributed by atoms with Crippen LogP contribution >= 0.6 is 22.7 Å². The highest BCUT2D eigenvalue weighted by Crippen LogP contribution is 2.43. The number of benzene rings is 1. The molecule has 4 aromatic rings. The predicted molar refractivity (Wildman–Crippen MR) is 119 cm³/mol. The predicted octanol–water partition coefficient (Wildman–Crippen LogP) is 4.18. The molecule has 4 heterocycles. The molecule has 2 amide bonds. The van der Waals surface area contributed by atoms with E-state index in [2.05, 4.69) is 10.3 Å². The Balaban J connectivity index is 1.39. The number of thiophene rings is 1. The van der Waals surface area contributed by atoms with E-state index in [9.17, 15) is 9.59 Å². The van der Waals surface area contributed by atoms with Crippen molar-refractivity contribution in [2.75, 3.05) is 4.90 Å². The number of carbonyl (C=O) groups is 2. The Morgan fingerprint density at radius 2 is 2.03 bits per heavy atom. The first-order valence-electron chi connectivity index (χ1n) is 9.71. The van der Waals surface area contributed by atoms with Gasteiger partial charge in [0.15, 0.2) is 4.96 Å². The number of thiazole rings is 1. The number of hydrogen-bond donors (Lipinski definition) is 1. The number of carbonyl (C=O) groups excluding carboxylic acids is 2. The lowest BCUT2D eigenvalue weighted by atomic mass is 9.97. The van der Waals surface area contributed by atoms with Crippen LogP contribution in [0.15, 0.2) is 59.6 Å². The highest BCUT2D eigenvalue weighted by Gasteiger charge is 2.45. The molecule has 0 spiro atoms. The van der Waals surface area contributed by atoms with Crippen molar-refractivity contribution in [2.45, 2.75) is 25.9 Å². The number of amides is 2. The zero-order valence-corrected chi connectivity index (χ0v) is 18.0. The Labute approximate surface area is 181 Å². The summed E-state index contributed by atoms with van der Waals surface area (Å²) < 4.78 is 1.94. The molecular formula is C22H20N4O2S2. The third-order valence-corrected chi connectivity index (χ3v) is 7.11. The lowest BCUT2D eigenvalue weighted by Gasteiger charge is -2.27. The topological polar surface area (TPSA) is 66.7 Å². The minimum Gasteiger partial charge on any atom is -0.350 e. The number of nitrogens with zero attached hydrogens (tertiary/aromatic N) is 3. The van der Waals surface area contributed by atoms with E-state index in [1.165, 1.54) is 0 Å². The molecule has 6 nitrogen and oxygen atoms in total. The summed E-state index contributed by atoms with van der Waals surface area (Å²) in [5.74, 6) is -0.589. The average Bonchev–Trinajstić information content (AvgIpc) is 3.50. The van der Waals surface area contributed by atoms with Crippen molar-refractivity contribution >= 4 is 45.1 Å². The summed E-state index contributed by atoms with van der Waals surface area (Å²) in [4.78, 5) is 34.3. The number of aromatic nitrogens is 2. The third-order valence-electron chi connectivity index (χ3n) is 5.39. The molecule has 1 aromatic carbocycles. The average molecular weight is 437 g/mol. The van der Waals surface area contributed by atoms with Gasteiger partial charge in [-0.2, -0.15) is 0 Å². The summed E-state index contributed by atoms with van der Waals surface area (Å²) in [5, 5.41) is 6.96. The molecule has 1 aliphatic rings. The van der Waals surface area contributed by atoms with Gasteiger partial charge in [0.2, 0.25) is 11.8 Å². The standard InChI is InChI=1S/C22H20N4O2S2/c1-14-4-6-16(7-5-14)26-19(27)11-17(20(26)18-3-2-9-29-18)21(28)23-12-15-13-25-8-10-30-22(25)24-15/h2-10,13,17,20H,11-12H2,1H3,(H,23,28). The molecular weight excluding hydrogens is 416 g/mol. The van der Waals surface area contributed by atoms with Crippen molar-refractivity contribution in [3.05, 3.63) is 75.7 Å². The highest BCUT2D eigenvalue weighted by atomic mass is 32.1. The van der Waals surface area contributed by atoms with Crippen molar-refractivity contribution in [3.8, 4) is 0 Å². The van der Waals surface area contributed by atoms with Crippen molar-refractivity contribution in [3.63, 3.8) is 0 Å². The second-order valence-corrected chi connectivity index (χ2v) is 9.27. The molecule has 152 valence electrons. The molecule has 1 saturated heterocycles. The fraction of sp³-hybridized carbons (Fsp3) is 0.227. The van der Waals surface area contributed by atoms with Crippen LogP contribution in [0.2, 0.25) is 0 Å². The quantitative estimate of drug-likeness (QED) is 0.510. The van der Waals surface area contributed by atoms with Crippen LogP contribution in [0.25, 0.3) is 4.96 Å². The molecule has 0 saturated carbocycles. The molecule has 8 heteroatoms. The second-order valence-electron chi connectivity index (χ2n) is 7.41. The summed E-state index contributed by atoms with van der Waals surface area (Å²) in [7, 11) is 0. The van der Waals surface area contributed by atoms with E-state index in [0.29, 0.717) is 6.54 Å². The van der Waals surface area contributed by atoms with Crippen LogP contribution in [0.4, 0.5) is 5.69 Å². The van der Waals surface area contributed by atoms with Crippen LogP contribution in [-0.4, -0.2) is 21.2 Å². The highest BCUT2D eigenvalue weighted by molar-refractivity contribution is 7.15. The largest absolute Gasteiger partial charge is 0.350 e. The maximum atomic E-state index is 13.1. The van der Waals surface area contributed by atoms with Gasteiger partial charge in [0.05, 0.1) is 24.2 Å². The Bertz CT molecular complexity index is 1170. The van der Waals surface area contributed by atoms with Crippen LogP contribution in [0.1, 0.15) is 28.6 Å². The number of aryl methyl sites for hydroxylation is 1. The van der Waals surface area contributed by atoms with Crippen molar-refractivity contribution in [1.29, 1.82) is 0 Å². The van der Waals surface area contributed by atoms with E-state index in [4.69, 9.17) is 0 Å². The zero-order chi connectivity index (χ0) is 20.7. The van der Waals surface area contributed by atoms with Gasteiger partial charge in [-0.15, -0.1) is 22.7 Å². The Morgan fingerprint density at radius 3 is 2.77 bits per heavy atom. The van der Waals surface area contributed by atoms with Gasteiger partial charge in [0.1, 0.15) is 0 Å². The van der Waals surface area contributed by atoms with Gasteiger partial charge in [-0.1, -0.05) is 23.8 Å². The normalized spacial score (nSPS) is 19.0. The lowest BCUT2D eigenvalue weighted by molar-refractivity contribution is -0.127. The van der Waals surface area contributed by atoms with Gasteiger partial charge in [-0.3, -0.25) is 14.0 Å². The minimum absolute atomic E-state index is 0.0279. The number of hydrogen-bond acceptors (Lipinski definition) is 5. The van der Waals surface area contributed by atoms with E-state index in [1.54, 1.807) is 27.6 Å². The summed E-state index contributed by atoms with van der Waals surface area (Å²) in [6, 6.07) is 11.5. The van der Waals surface area contributed by atoms with Crippen molar-refractivity contribution in [1.82, 2.24) is 14.7 Å². The zero-order valence-electron chi connectivity index (χ0n) is 16.3. The molecule has 1 fully saturated rings. The molecule has 1 aliphatic heterocycles. The van der Waals surface area contributed by atoms with E-state index in [0.717, 1.165) is 26.8 Å². The Hall–Kier alpha value is -2.97. The van der Waals surface area contributed by atoms with Gasteiger partial charge in [0, 0.05) is 34.8 Å². The molecule has 0 aliphatic carbocycles. The number of fused-ring (bicyclic) bond motifs is 1. The summed E-state index contributed by atoms with van der Waals surface area (Å²) in [6.07, 6.45) is 4.06. The van der Waals surface area contributed by atoms with E-state index in [-0.39, 0.29) is 24.3 Å². The summed E-state index contributed by atoms with van der Waals surface area (Å²) in [5.41, 5.74) is 2.77. The van der Waals surface area contributed by atoms with Crippen LogP contribution in [-0.2, 0) is 16.1 Å². The van der Waals surface area contributed by atoms with Gasteiger partial charge in [-0.05, 0) is 30.5 Å². The van der Waals surface area contributed by atoms with Gasteiger partial charge in [-0.25, -0.2) is 4.98 Å². The van der Waals surface area contributed by atoms with E-state index >= 15 is 0 Å².